The monoisotopic (exact) mass is 209 g/mol. The molecule has 3 N–H and O–H groups in total. The molecule has 0 saturated heterocycles. The highest BCUT2D eigenvalue weighted by atomic mass is 16.6. The molecule has 0 saturated carbocycles. The molecule has 0 unspecified atom stereocenters. The molecule has 0 fully saturated rings. The summed E-state index contributed by atoms with van der Waals surface area (Å²) in [6, 6.07) is 8.13. The lowest BCUT2D eigenvalue weighted by atomic mass is 9.97. The first-order valence-corrected chi connectivity index (χ1v) is 5.13. The Bertz CT molecular complexity index is 305. The van der Waals surface area contributed by atoms with Crippen LogP contribution >= 0.6 is 0 Å². The molecule has 1 aromatic carbocycles. The summed E-state index contributed by atoms with van der Waals surface area (Å²) < 4.78 is 0. The standard InChI is InChI=1S/C12H19NO2/c1-12(2,14)9-11-5-3-4-10(8-11)6-7-15-13/h3-5,8,14H,6-7,9,13H2,1-2H3. The average Bonchev–Trinajstić information content (AvgIpc) is 2.12. The minimum absolute atomic E-state index is 0.520. The first kappa shape index (κ1) is 12.2. The van der Waals surface area contributed by atoms with Crippen molar-refractivity contribution in [3.63, 3.8) is 0 Å². The van der Waals surface area contributed by atoms with E-state index in [1.165, 1.54) is 5.56 Å². The number of rotatable bonds is 5. The van der Waals surface area contributed by atoms with Crippen molar-refractivity contribution in [3.05, 3.63) is 35.4 Å². The molecule has 0 amide bonds. The zero-order valence-corrected chi connectivity index (χ0v) is 9.36. The second-order valence-electron chi connectivity index (χ2n) is 4.43. The van der Waals surface area contributed by atoms with E-state index in [1.807, 2.05) is 32.0 Å². The Hall–Kier alpha value is -0.900. The van der Waals surface area contributed by atoms with Crippen LogP contribution in [-0.2, 0) is 17.7 Å². The highest BCUT2D eigenvalue weighted by molar-refractivity contribution is 5.24. The molecule has 1 rings (SSSR count). The molecule has 0 radical (unpaired) electrons. The molecule has 15 heavy (non-hydrogen) atoms. The lowest BCUT2D eigenvalue weighted by Gasteiger charge is -2.17. The molecule has 0 aliphatic carbocycles. The highest BCUT2D eigenvalue weighted by Gasteiger charge is 2.13. The largest absolute Gasteiger partial charge is 0.390 e. The van der Waals surface area contributed by atoms with E-state index >= 15 is 0 Å². The normalized spacial score (nSPS) is 11.7. The van der Waals surface area contributed by atoms with Gasteiger partial charge in [0.15, 0.2) is 0 Å². The Kier molecular flexibility index (Phi) is 4.27. The lowest BCUT2D eigenvalue weighted by molar-refractivity contribution is 0.0810. The molecular weight excluding hydrogens is 190 g/mol. The summed E-state index contributed by atoms with van der Waals surface area (Å²) in [7, 11) is 0. The average molecular weight is 209 g/mol. The van der Waals surface area contributed by atoms with E-state index < -0.39 is 5.60 Å². The van der Waals surface area contributed by atoms with Crippen LogP contribution < -0.4 is 5.90 Å². The Morgan fingerprint density at radius 3 is 2.60 bits per heavy atom. The van der Waals surface area contributed by atoms with E-state index in [0.717, 1.165) is 12.0 Å². The zero-order chi connectivity index (χ0) is 11.3. The van der Waals surface area contributed by atoms with Crippen LogP contribution in [0.25, 0.3) is 0 Å². The summed E-state index contributed by atoms with van der Waals surface area (Å²) in [6.07, 6.45) is 1.46. The minimum atomic E-state index is -0.664. The fraction of sp³-hybridized carbons (Fsp3) is 0.500. The van der Waals surface area contributed by atoms with E-state index in [-0.39, 0.29) is 0 Å². The summed E-state index contributed by atoms with van der Waals surface area (Å²) in [6.45, 7) is 4.14. The smallest absolute Gasteiger partial charge is 0.0719 e. The molecule has 0 heterocycles. The quantitative estimate of drug-likeness (QED) is 0.721. The summed E-state index contributed by atoms with van der Waals surface area (Å²) in [5.74, 6) is 4.98. The molecule has 3 nitrogen and oxygen atoms in total. The lowest BCUT2D eigenvalue weighted by Crippen LogP contribution is -2.21. The van der Waals surface area contributed by atoms with Crippen molar-refractivity contribution in [2.75, 3.05) is 6.61 Å². The molecule has 3 heteroatoms. The van der Waals surface area contributed by atoms with E-state index in [4.69, 9.17) is 5.90 Å². The van der Waals surface area contributed by atoms with E-state index in [9.17, 15) is 5.11 Å². The van der Waals surface area contributed by atoms with Gasteiger partial charge < -0.3 is 9.94 Å². The maximum Gasteiger partial charge on any atom is 0.0719 e. The van der Waals surface area contributed by atoms with Crippen LogP contribution in [-0.4, -0.2) is 17.3 Å². The number of benzene rings is 1. The predicted molar refractivity (Wildman–Crippen MR) is 60.3 cm³/mol. The first-order chi connectivity index (χ1) is 7.01. The van der Waals surface area contributed by atoms with Crippen molar-refractivity contribution in [3.8, 4) is 0 Å². The third kappa shape index (κ3) is 4.93. The maximum absolute atomic E-state index is 9.69. The molecular formula is C12H19NO2. The molecule has 0 aliphatic heterocycles. The van der Waals surface area contributed by atoms with Gasteiger partial charge in [0.1, 0.15) is 0 Å². The van der Waals surface area contributed by atoms with Crippen LogP contribution in [0.3, 0.4) is 0 Å². The second kappa shape index (κ2) is 5.26. The molecule has 0 atom stereocenters. The van der Waals surface area contributed by atoms with Crippen molar-refractivity contribution in [2.24, 2.45) is 5.90 Å². The predicted octanol–water partition coefficient (Wildman–Crippen LogP) is 1.43. The first-order valence-electron chi connectivity index (χ1n) is 5.13. The van der Waals surface area contributed by atoms with Crippen molar-refractivity contribution in [1.82, 2.24) is 0 Å². The van der Waals surface area contributed by atoms with Crippen molar-refractivity contribution in [2.45, 2.75) is 32.3 Å². The van der Waals surface area contributed by atoms with Crippen LogP contribution in [0, 0.1) is 0 Å². The summed E-state index contributed by atoms with van der Waals surface area (Å²) in [4.78, 5) is 4.54. The third-order valence-electron chi connectivity index (χ3n) is 2.14. The Morgan fingerprint density at radius 2 is 2.00 bits per heavy atom. The van der Waals surface area contributed by atoms with Gasteiger partial charge in [-0.05, 0) is 31.4 Å². The van der Waals surface area contributed by atoms with Crippen LogP contribution in [0.2, 0.25) is 0 Å². The van der Waals surface area contributed by atoms with Crippen molar-refractivity contribution < 1.29 is 9.94 Å². The van der Waals surface area contributed by atoms with Crippen molar-refractivity contribution >= 4 is 0 Å². The van der Waals surface area contributed by atoms with Gasteiger partial charge in [-0.15, -0.1) is 0 Å². The zero-order valence-electron chi connectivity index (χ0n) is 9.36. The van der Waals surface area contributed by atoms with Gasteiger partial charge in [0.25, 0.3) is 0 Å². The molecule has 1 aromatic rings. The summed E-state index contributed by atoms with van der Waals surface area (Å²) in [5, 5.41) is 9.69. The Balaban J connectivity index is 2.66. The fourth-order valence-corrected chi connectivity index (χ4v) is 1.57. The SMILES string of the molecule is CC(C)(O)Cc1cccc(CCON)c1. The highest BCUT2D eigenvalue weighted by Crippen LogP contribution is 2.14. The van der Waals surface area contributed by atoms with Gasteiger partial charge in [-0.3, -0.25) is 0 Å². The van der Waals surface area contributed by atoms with Crippen LogP contribution in [0.15, 0.2) is 24.3 Å². The molecule has 0 aromatic heterocycles. The molecule has 0 aliphatic rings. The van der Waals surface area contributed by atoms with Crippen LogP contribution in [0.4, 0.5) is 0 Å². The summed E-state index contributed by atoms with van der Waals surface area (Å²) >= 11 is 0. The van der Waals surface area contributed by atoms with Gasteiger partial charge in [0, 0.05) is 6.42 Å². The van der Waals surface area contributed by atoms with Gasteiger partial charge >= 0.3 is 0 Å². The maximum atomic E-state index is 9.69. The van der Waals surface area contributed by atoms with E-state index in [1.54, 1.807) is 0 Å². The Labute approximate surface area is 90.8 Å². The van der Waals surface area contributed by atoms with Gasteiger partial charge in [-0.2, -0.15) is 0 Å². The molecule has 84 valence electrons. The number of nitrogens with two attached hydrogens (primary N) is 1. The van der Waals surface area contributed by atoms with Gasteiger partial charge in [0.05, 0.1) is 12.2 Å². The second-order valence-corrected chi connectivity index (χ2v) is 4.43. The van der Waals surface area contributed by atoms with Crippen LogP contribution in [0.1, 0.15) is 25.0 Å². The third-order valence-corrected chi connectivity index (χ3v) is 2.14. The Morgan fingerprint density at radius 1 is 1.33 bits per heavy atom. The fourth-order valence-electron chi connectivity index (χ4n) is 1.57. The molecule has 0 spiro atoms. The topological polar surface area (TPSA) is 55.5 Å². The summed E-state index contributed by atoms with van der Waals surface area (Å²) in [5.41, 5.74) is 1.66. The van der Waals surface area contributed by atoms with Gasteiger partial charge in [-0.1, -0.05) is 24.3 Å². The van der Waals surface area contributed by atoms with Crippen LogP contribution in [0.5, 0.6) is 0 Å². The minimum Gasteiger partial charge on any atom is -0.390 e. The van der Waals surface area contributed by atoms with E-state index in [0.29, 0.717) is 13.0 Å². The number of hydrogen-bond donors (Lipinski definition) is 2. The number of hydrogen-bond acceptors (Lipinski definition) is 3. The molecule has 0 bridgehead atoms. The van der Waals surface area contributed by atoms with Crippen molar-refractivity contribution in [1.29, 1.82) is 0 Å². The van der Waals surface area contributed by atoms with E-state index in [2.05, 4.69) is 10.9 Å². The van der Waals surface area contributed by atoms with Gasteiger partial charge in [0.2, 0.25) is 0 Å². The number of aliphatic hydroxyl groups is 1. The van der Waals surface area contributed by atoms with Gasteiger partial charge in [-0.25, -0.2) is 5.90 Å².